The highest BCUT2D eigenvalue weighted by molar-refractivity contribution is 5.93. The molecule has 4 aromatic rings. The highest BCUT2D eigenvalue weighted by Crippen LogP contribution is 2.31. The van der Waals surface area contributed by atoms with E-state index >= 15 is 0 Å². The Kier molecular flexibility index (Phi) is 5.31. The van der Waals surface area contributed by atoms with Gasteiger partial charge in [-0.05, 0) is 37.1 Å². The smallest absolute Gasteiger partial charge is 0.244 e. The molecule has 2 heterocycles. The Morgan fingerprint density at radius 1 is 1.03 bits per heavy atom. The maximum Gasteiger partial charge on any atom is 0.244 e. The number of carbonyl (C=O) groups excluding carboxylic acids is 1. The van der Waals surface area contributed by atoms with Gasteiger partial charge in [-0.25, -0.2) is 9.67 Å². The van der Waals surface area contributed by atoms with Crippen LogP contribution in [-0.2, 0) is 4.79 Å². The Morgan fingerprint density at radius 3 is 2.74 bits per heavy atom. The van der Waals surface area contributed by atoms with Crippen LogP contribution in [0.15, 0.2) is 67.0 Å². The molecule has 0 radical (unpaired) electrons. The standard InChI is InChI=1S/C24H24N6O/c31-24(29-23-12-13-27-30(23)19-8-1-2-9-19)16-25-18-7-5-6-17(14-18)22-15-26-20-10-3-4-11-21(20)28-22/h3-7,10-15,19,25H,1-2,8-9,16H2,(H,29,31). The van der Waals surface area contributed by atoms with Crippen molar-refractivity contribution in [2.24, 2.45) is 0 Å². The number of carbonyl (C=O) groups is 1. The Hall–Kier alpha value is -3.74. The summed E-state index contributed by atoms with van der Waals surface area (Å²) in [4.78, 5) is 21.7. The lowest BCUT2D eigenvalue weighted by atomic mass is 10.1. The molecule has 0 unspecified atom stereocenters. The van der Waals surface area contributed by atoms with Gasteiger partial charge in [0, 0.05) is 17.3 Å². The van der Waals surface area contributed by atoms with Crippen LogP contribution in [0.25, 0.3) is 22.3 Å². The van der Waals surface area contributed by atoms with Gasteiger partial charge in [-0.3, -0.25) is 9.78 Å². The molecule has 5 rings (SSSR count). The average Bonchev–Trinajstić information content (AvgIpc) is 3.49. The van der Waals surface area contributed by atoms with Gasteiger partial charge in [0.1, 0.15) is 5.82 Å². The molecular formula is C24H24N6O. The highest BCUT2D eigenvalue weighted by Gasteiger charge is 2.20. The predicted molar refractivity (Wildman–Crippen MR) is 122 cm³/mol. The van der Waals surface area contributed by atoms with Crippen LogP contribution in [-0.4, -0.2) is 32.2 Å². The van der Waals surface area contributed by atoms with Gasteiger partial charge in [0.05, 0.1) is 41.7 Å². The molecule has 2 aromatic heterocycles. The van der Waals surface area contributed by atoms with Gasteiger partial charge in [0.2, 0.25) is 5.91 Å². The minimum atomic E-state index is -0.101. The van der Waals surface area contributed by atoms with E-state index in [1.165, 1.54) is 12.8 Å². The van der Waals surface area contributed by atoms with Gasteiger partial charge in [-0.2, -0.15) is 5.10 Å². The highest BCUT2D eigenvalue weighted by atomic mass is 16.2. The summed E-state index contributed by atoms with van der Waals surface area (Å²) >= 11 is 0. The molecule has 2 N–H and O–H groups in total. The van der Waals surface area contributed by atoms with E-state index in [-0.39, 0.29) is 12.5 Å². The third kappa shape index (κ3) is 4.26. The summed E-state index contributed by atoms with van der Waals surface area (Å²) in [6.07, 6.45) is 8.20. The minimum absolute atomic E-state index is 0.101. The zero-order valence-corrected chi connectivity index (χ0v) is 17.2. The molecule has 0 saturated heterocycles. The number of nitrogens with one attached hydrogen (secondary N) is 2. The van der Waals surface area contributed by atoms with Crippen LogP contribution in [0.3, 0.4) is 0 Å². The molecule has 156 valence electrons. The van der Waals surface area contributed by atoms with Crippen LogP contribution in [0.2, 0.25) is 0 Å². The maximum absolute atomic E-state index is 12.5. The Morgan fingerprint density at radius 2 is 1.87 bits per heavy atom. The quantitative estimate of drug-likeness (QED) is 0.481. The summed E-state index contributed by atoms with van der Waals surface area (Å²) in [6, 6.07) is 17.9. The number of benzene rings is 2. The van der Waals surface area contributed by atoms with E-state index in [0.29, 0.717) is 6.04 Å². The fourth-order valence-electron chi connectivity index (χ4n) is 4.11. The van der Waals surface area contributed by atoms with E-state index in [1.807, 2.05) is 59.3 Å². The van der Waals surface area contributed by atoms with Crippen molar-refractivity contribution >= 4 is 28.4 Å². The maximum atomic E-state index is 12.5. The number of hydrogen-bond acceptors (Lipinski definition) is 5. The van der Waals surface area contributed by atoms with E-state index in [0.717, 1.165) is 46.6 Å². The van der Waals surface area contributed by atoms with E-state index in [4.69, 9.17) is 4.98 Å². The van der Waals surface area contributed by atoms with Crippen LogP contribution in [0.4, 0.5) is 11.5 Å². The lowest BCUT2D eigenvalue weighted by molar-refractivity contribution is -0.114. The van der Waals surface area contributed by atoms with Gasteiger partial charge in [0.25, 0.3) is 0 Å². The number of rotatable bonds is 6. The number of anilines is 2. The first kappa shape index (κ1) is 19.2. The van der Waals surface area contributed by atoms with E-state index in [1.54, 1.807) is 12.4 Å². The van der Waals surface area contributed by atoms with Crippen molar-refractivity contribution in [2.75, 3.05) is 17.2 Å². The summed E-state index contributed by atoms with van der Waals surface area (Å²) in [6.45, 7) is 0.169. The molecule has 1 amide bonds. The van der Waals surface area contributed by atoms with Gasteiger partial charge in [-0.15, -0.1) is 0 Å². The molecule has 1 aliphatic rings. The summed E-state index contributed by atoms with van der Waals surface area (Å²) in [5, 5.41) is 10.6. The molecule has 1 aliphatic carbocycles. The summed E-state index contributed by atoms with van der Waals surface area (Å²) < 4.78 is 1.95. The third-order valence-corrected chi connectivity index (χ3v) is 5.67. The first-order valence-corrected chi connectivity index (χ1v) is 10.7. The second kappa shape index (κ2) is 8.55. The van der Waals surface area contributed by atoms with Gasteiger partial charge in [-0.1, -0.05) is 37.1 Å². The molecule has 0 spiro atoms. The van der Waals surface area contributed by atoms with Gasteiger partial charge >= 0.3 is 0 Å². The normalized spacial score (nSPS) is 14.1. The zero-order valence-electron chi connectivity index (χ0n) is 17.2. The first-order chi connectivity index (χ1) is 15.3. The zero-order chi connectivity index (χ0) is 21.0. The van der Waals surface area contributed by atoms with Crippen molar-refractivity contribution < 1.29 is 4.79 Å². The molecule has 1 saturated carbocycles. The fraction of sp³-hybridized carbons (Fsp3) is 0.250. The Labute approximate surface area is 180 Å². The lowest BCUT2D eigenvalue weighted by Crippen LogP contribution is -2.24. The molecular weight excluding hydrogens is 388 g/mol. The number of fused-ring (bicyclic) bond motifs is 1. The molecule has 2 aromatic carbocycles. The molecule has 0 bridgehead atoms. The molecule has 31 heavy (non-hydrogen) atoms. The lowest BCUT2D eigenvalue weighted by Gasteiger charge is -2.15. The van der Waals surface area contributed by atoms with E-state index in [9.17, 15) is 4.79 Å². The van der Waals surface area contributed by atoms with Crippen LogP contribution in [0.5, 0.6) is 0 Å². The number of hydrogen-bond donors (Lipinski definition) is 2. The van der Waals surface area contributed by atoms with Crippen molar-refractivity contribution in [3.8, 4) is 11.3 Å². The Bertz CT molecular complexity index is 1210. The van der Waals surface area contributed by atoms with Gasteiger partial charge < -0.3 is 10.6 Å². The van der Waals surface area contributed by atoms with Gasteiger partial charge in [0.15, 0.2) is 0 Å². The summed E-state index contributed by atoms with van der Waals surface area (Å²) in [5.41, 5.74) is 4.33. The van der Waals surface area contributed by atoms with Crippen molar-refractivity contribution in [1.29, 1.82) is 0 Å². The number of para-hydroxylation sites is 2. The largest absolute Gasteiger partial charge is 0.376 e. The number of aromatic nitrogens is 4. The molecule has 7 heteroatoms. The van der Waals surface area contributed by atoms with Crippen LogP contribution in [0.1, 0.15) is 31.7 Å². The minimum Gasteiger partial charge on any atom is -0.376 e. The second-order valence-electron chi connectivity index (χ2n) is 7.83. The van der Waals surface area contributed by atoms with Crippen molar-refractivity contribution in [2.45, 2.75) is 31.7 Å². The van der Waals surface area contributed by atoms with Crippen LogP contribution < -0.4 is 10.6 Å². The monoisotopic (exact) mass is 412 g/mol. The Balaban J connectivity index is 1.25. The molecule has 0 aliphatic heterocycles. The van der Waals surface area contributed by atoms with Crippen LogP contribution >= 0.6 is 0 Å². The first-order valence-electron chi connectivity index (χ1n) is 10.7. The molecule has 0 atom stereocenters. The molecule has 7 nitrogen and oxygen atoms in total. The average molecular weight is 412 g/mol. The fourth-order valence-corrected chi connectivity index (χ4v) is 4.11. The number of amides is 1. The number of nitrogens with zero attached hydrogens (tertiary/aromatic N) is 4. The SMILES string of the molecule is O=C(CNc1cccc(-c2cnc3ccccc3n2)c1)Nc1ccnn1C1CCCC1. The summed E-state index contributed by atoms with van der Waals surface area (Å²) in [7, 11) is 0. The second-order valence-corrected chi connectivity index (χ2v) is 7.83. The predicted octanol–water partition coefficient (Wildman–Crippen LogP) is 4.66. The summed E-state index contributed by atoms with van der Waals surface area (Å²) in [5.74, 6) is 0.662. The van der Waals surface area contributed by atoms with Crippen molar-refractivity contribution in [1.82, 2.24) is 19.7 Å². The third-order valence-electron chi connectivity index (χ3n) is 5.67. The van der Waals surface area contributed by atoms with Crippen LogP contribution in [0, 0.1) is 0 Å². The van der Waals surface area contributed by atoms with Crippen molar-refractivity contribution in [3.05, 3.63) is 67.0 Å². The van der Waals surface area contributed by atoms with E-state index in [2.05, 4.69) is 20.7 Å². The van der Waals surface area contributed by atoms with E-state index < -0.39 is 0 Å². The molecule has 1 fully saturated rings. The van der Waals surface area contributed by atoms with Crippen molar-refractivity contribution in [3.63, 3.8) is 0 Å². The topological polar surface area (TPSA) is 84.7 Å².